The van der Waals surface area contributed by atoms with Gasteiger partial charge in [-0.05, 0) is 25.1 Å². The van der Waals surface area contributed by atoms with Gasteiger partial charge >= 0.3 is 0 Å². The molecule has 2 aromatic rings. The molecular weight excluding hydrogens is 323 g/mol. The minimum atomic E-state index is -0.852. The van der Waals surface area contributed by atoms with Crippen molar-refractivity contribution in [1.29, 1.82) is 0 Å². The van der Waals surface area contributed by atoms with Gasteiger partial charge in [0.1, 0.15) is 0 Å². The Hall–Kier alpha value is -0.680. The highest BCUT2D eigenvalue weighted by Gasteiger charge is 2.24. The van der Waals surface area contributed by atoms with Crippen LogP contribution in [0.4, 0.5) is 8.78 Å². The van der Waals surface area contributed by atoms with Gasteiger partial charge in [0.15, 0.2) is 11.6 Å². The average Bonchev–Trinajstić information content (AvgIpc) is 2.73. The van der Waals surface area contributed by atoms with Crippen molar-refractivity contribution in [3.63, 3.8) is 0 Å². The number of rotatable bonds is 4. The highest BCUT2D eigenvalue weighted by atomic mass is 35.5. The third-order valence-electron chi connectivity index (χ3n) is 3.02. The predicted molar refractivity (Wildman–Crippen MR) is 81.0 cm³/mol. The quantitative estimate of drug-likeness (QED) is 0.795. The van der Waals surface area contributed by atoms with Gasteiger partial charge in [-0.15, -0.1) is 11.3 Å². The number of thiophene rings is 1. The largest absolute Gasteiger partial charge is 0.306 e. The van der Waals surface area contributed by atoms with Crippen LogP contribution >= 0.6 is 34.5 Å². The second kappa shape index (κ2) is 6.39. The van der Waals surface area contributed by atoms with Crippen LogP contribution in [-0.4, -0.2) is 6.54 Å². The lowest BCUT2D eigenvalue weighted by atomic mass is 9.99. The van der Waals surface area contributed by atoms with Crippen LogP contribution < -0.4 is 5.32 Å². The minimum Gasteiger partial charge on any atom is -0.306 e. The molecule has 0 saturated carbocycles. The molecule has 0 fully saturated rings. The Kier molecular flexibility index (Phi) is 5.02. The number of hydrogen-bond acceptors (Lipinski definition) is 2. The van der Waals surface area contributed by atoms with Gasteiger partial charge in [0, 0.05) is 11.1 Å². The van der Waals surface area contributed by atoms with E-state index in [2.05, 4.69) is 5.32 Å². The standard InChI is InChI=1S/C14H13Cl2F2NS/c1-3-19-13(9-6-10(15)20-14(9)16)8-5-4-7(2)11(17)12(8)18/h4-6,13,19H,3H2,1-2H3. The zero-order chi connectivity index (χ0) is 14.9. The molecular formula is C14H13Cl2F2NS. The van der Waals surface area contributed by atoms with Gasteiger partial charge in [-0.3, -0.25) is 0 Å². The molecule has 0 aliphatic rings. The van der Waals surface area contributed by atoms with Gasteiger partial charge in [0.05, 0.1) is 14.7 Å². The Morgan fingerprint density at radius 2 is 1.90 bits per heavy atom. The lowest BCUT2D eigenvalue weighted by molar-refractivity contribution is 0.479. The van der Waals surface area contributed by atoms with Crippen molar-refractivity contribution >= 4 is 34.5 Å². The van der Waals surface area contributed by atoms with Gasteiger partial charge < -0.3 is 5.32 Å². The third kappa shape index (κ3) is 2.98. The first-order valence-electron chi connectivity index (χ1n) is 6.08. The van der Waals surface area contributed by atoms with Crippen molar-refractivity contribution < 1.29 is 8.78 Å². The summed E-state index contributed by atoms with van der Waals surface area (Å²) in [6, 6.07) is 4.29. The summed E-state index contributed by atoms with van der Waals surface area (Å²) in [5.74, 6) is -1.68. The van der Waals surface area contributed by atoms with E-state index in [0.717, 1.165) is 0 Å². The van der Waals surface area contributed by atoms with E-state index in [0.29, 0.717) is 20.8 Å². The topological polar surface area (TPSA) is 12.0 Å². The van der Waals surface area contributed by atoms with Crippen LogP contribution in [0.2, 0.25) is 8.67 Å². The summed E-state index contributed by atoms with van der Waals surface area (Å²) in [5, 5.41) is 3.11. The lowest BCUT2D eigenvalue weighted by Crippen LogP contribution is -2.23. The molecule has 0 saturated heterocycles. The summed E-state index contributed by atoms with van der Waals surface area (Å²) < 4.78 is 28.9. The van der Waals surface area contributed by atoms with Crippen LogP contribution in [0, 0.1) is 18.6 Å². The average molecular weight is 336 g/mol. The summed E-state index contributed by atoms with van der Waals surface area (Å²) in [5.41, 5.74) is 1.16. The predicted octanol–water partition coefficient (Wildman–Crippen LogP) is 5.34. The van der Waals surface area contributed by atoms with E-state index in [9.17, 15) is 8.78 Å². The van der Waals surface area contributed by atoms with Crippen molar-refractivity contribution in [2.24, 2.45) is 0 Å². The third-order valence-corrected chi connectivity index (χ3v) is 4.54. The molecule has 0 amide bonds. The van der Waals surface area contributed by atoms with E-state index >= 15 is 0 Å². The summed E-state index contributed by atoms with van der Waals surface area (Å²) in [4.78, 5) is 0. The maximum absolute atomic E-state index is 14.2. The zero-order valence-corrected chi connectivity index (χ0v) is 13.3. The molecule has 1 nitrogen and oxygen atoms in total. The second-order valence-corrected chi connectivity index (χ2v) is 6.66. The molecule has 0 aliphatic heterocycles. The molecule has 6 heteroatoms. The Bertz CT molecular complexity index is 628. The Morgan fingerprint density at radius 1 is 1.20 bits per heavy atom. The number of aryl methyl sites for hydroxylation is 1. The van der Waals surface area contributed by atoms with Crippen molar-refractivity contribution in [3.05, 3.63) is 55.2 Å². The molecule has 1 atom stereocenters. The van der Waals surface area contributed by atoms with E-state index in [1.165, 1.54) is 18.3 Å². The van der Waals surface area contributed by atoms with Crippen LogP contribution in [0.25, 0.3) is 0 Å². The van der Waals surface area contributed by atoms with Crippen LogP contribution in [0.15, 0.2) is 18.2 Å². The molecule has 108 valence electrons. The fraction of sp³-hybridized carbons (Fsp3) is 0.286. The first-order chi connectivity index (χ1) is 9.45. The van der Waals surface area contributed by atoms with Gasteiger partial charge in [0.25, 0.3) is 0 Å². The molecule has 1 N–H and O–H groups in total. The van der Waals surface area contributed by atoms with E-state index in [1.807, 2.05) is 6.92 Å². The molecule has 1 heterocycles. The molecule has 0 spiro atoms. The van der Waals surface area contributed by atoms with E-state index in [4.69, 9.17) is 23.2 Å². The SMILES string of the molecule is CCNC(c1cc(Cl)sc1Cl)c1ccc(C)c(F)c1F. The van der Waals surface area contributed by atoms with Crippen LogP contribution in [0.3, 0.4) is 0 Å². The summed E-state index contributed by atoms with van der Waals surface area (Å²) >= 11 is 13.3. The Labute approximate surface area is 130 Å². The number of benzene rings is 1. The van der Waals surface area contributed by atoms with Gasteiger partial charge in [0.2, 0.25) is 0 Å². The maximum Gasteiger partial charge on any atom is 0.164 e. The van der Waals surface area contributed by atoms with Gasteiger partial charge in [-0.2, -0.15) is 0 Å². The highest BCUT2D eigenvalue weighted by Crippen LogP contribution is 2.38. The molecule has 0 radical (unpaired) electrons. The van der Waals surface area contributed by atoms with E-state index in [-0.39, 0.29) is 11.1 Å². The van der Waals surface area contributed by atoms with Gasteiger partial charge in [-0.25, -0.2) is 8.78 Å². The molecule has 1 aromatic heterocycles. The smallest absolute Gasteiger partial charge is 0.164 e. The number of nitrogens with one attached hydrogen (secondary N) is 1. The molecule has 0 aliphatic carbocycles. The fourth-order valence-electron chi connectivity index (χ4n) is 2.03. The minimum absolute atomic E-state index is 0.228. The normalized spacial score (nSPS) is 12.7. The summed E-state index contributed by atoms with van der Waals surface area (Å²) in [7, 11) is 0. The molecule has 0 bridgehead atoms. The molecule has 1 aromatic carbocycles. The number of halogens is 4. The highest BCUT2D eigenvalue weighted by molar-refractivity contribution is 7.20. The first kappa shape index (κ1) is 15.7. The molecule has 1 unspecified atom stereocenters. The van der Waals surface area contributed by atoms with Crippen molar-refractivity contribution in [2.45, 2.75) is 19.9 Å². The van der Waals surface area contributed by atoms with Crippen LogP contribution in [-0.2, 0) is 0 Å². The van der Waals surface area contributed by atoms with Gasteiger partial charge in [-0.1, -0.05) is 42.3 Å². The van der Waals surface area contributed by atoms with Crippen molar-refractivity contribution in [3.8, 4) is 0 Å². The van der Waals surface area contributed by atoms with Crippen LogP contribution in [0.5, 0.6) is 0 Å². The molecule has 2 rings (SSSR count). The van der Waals surface area contributed by atoms with Crippen molar-refractivity contribution in [2.75, 3.05) is 6.54 Å². The maximum atomic E-state index is 14.2. The monoisotopic (exact) mass is 335 g/mol. The first-order valence-corrected chi connectivity index (χ1v) is 7.65. The zero-order valence-electron chi connectivity index (χ0n) is 10.9. The molecule has 20 heavy (non-hydrogen) atoms. The second-order valence-electron chi connectivity index (χ2n) is 4.37. The number of hydrogen-bond donors (Lipinski definition) is 1. The summed E-state index contributed by atoms with van der Waals surface area (Å²) in [6.45, 7) is 4.00. The van der Waals surface area contributed by atoms with Crippen LogP contribution in [0.1, 0.15) is 29.7 Å². The summed E-state index contributed by atoms with van der Waals surface area (Å²) in [6.07, 6.45) is 0. The Balaban J connectivity index is 2.54. The van der Waals surface area contributed by atoms with E-state index < -0.39 is 17.7 Å². The lowest BCUT2D eigenvalue weighted by Gasteiger charge is -2.19. The Morgan fingerprint density at radius 3 is 2.45 bits per heavy atom. The van der Waals surface area contributed by atoms with E-state index in [1.54, 1.807) is 18.2 Å². The fourth-order valence-corrected chi connectivity index (χ4v) is 3.56. The van der Waals surface area contributed by atoms with Crippen molar-refractivity contribution in [1.82, 2.24) is 5.32 Å².